The van der Waals surface area contributed by atoms with Crippen LogP contribution >= 0.6 is 0 Å². The van der Waals surface area contributed by atoms with Crippen molar-refractivity contribution in [1.29, 1.82) is 0 Å². The third kappa shape index (κ3) is 4.34. The molecule has 0 aliphatic carbocycles. The molecule has 0 rings (SSSR count). The van der Waals surface area contributed by atoms with Crippen LogP contribution in [-0.2, 0) is 4.79 Å². The lowest BCUT2D eigenvalue weighted by Gasteiger charge is -2.22. The zero-order chi connectivity index (χ0) is 9.72. The molecule has 0 aromatic rings. The van der Waals surface area contributed by atoms with Gasteiger partial charge in [0, 0.05) is 19.1 Å². The van der Waals surface area contributed by atoms with Gasteiger partial charge in [-0.3, -0.25) is 4.79 Å². The Hall–Kier alpha value is -0.570. The van der Waals surface area contributed by atoms with Gasteiger partial charge in [-0.15, -0.1) is 0 Å². The summed E-state index contributed by atoms with van der Waals surface area (Å²) in [5.74, 6) is 0.152. The SMILES string of the molecule is CC(C)NCC(=O)N(C)C(C)C. The van der Waals surface area contributed by atoms with Gasteiger partial charge >= 0.3 is 0 Å². The standard InChI is InChI=1S/C9H20N2O/c1-7(2)10-6-9(12)11(5)8(3)4/h7-8,10H,6H2,1-5H3. The van der Waals surface area contributed by atoms with Gasteiger partial charge in [0.15, 0.2) is 0 Å². The fraction of sp³-hybridized carbons (Fsp3) is 0.889. The number of nitrogens with one attached hydrogen (secondary N) is 1. The number of rotatable bonds is 4. The molecule has 3 nitrogen and oxygen atoms in total. The second-order valence-corrected chi connectivity index (χ2v) is 3.63. The highest BCUT2D eigenvalue weighted by Crippen LogP contribution is 1.93. The maximum atomic E-state index is 11.4. The number of amides is 1. The fourth-order valence-electron chi connectivity index (χ4n) is 0.704. The van der Waals surface area contributed by atoms with Crippen molar-refractivity contribution >= 4 is 5.91 Å². The molecular weight excluding hydrogens is 152 g/mol. The molecule has 0 aliphatic rings. The minimum Gasteiger partial charge on any atom is -0.342 e. The summed E-state index contributed by atoms with van der Waals surface area (Å²) in [6.07, 6.45) is 0. The average molecular weight is 172 g/mol. The first-order chi connectivity index (χ1) is 5.45. The highest BCUT2D eigenvalue weighted by Gasteiger charge is 2.10. The van der Waals surface area contributed by atoms with Crippen LogP contribution in [0.3, 0.4) is 0 Å². The number of nitrogens with zero attached hydrogens (tertiary/aromatic N) is 1. The molecule has 0 aromatic carbocycles. The molecule has 1 amide bonds. The number of carbonyl (C=O) groups is 1. The zero-order valence-corrected chi connectivity index (χ0v) is 8.72. The molecule has 0 fully saturated rings. The van der Waals surface area contributed by atoms with Crippen molar-refractivity contribution in [2.24, 2.45) is 0 Å². The molecule has 0 radical (unpaired) electrons. The topological polar surface area (TPSA) is 32.3 Å². The molecule has 0 aliphatic heterocycles. The number of likely N-dealkylation sites (N-methyl/N-ethyl adjacent to an activating group) is 1. The van der Waals surface area contributed by atoms with Gasteiger partial charge in [-0.1, -0.05) is 13.8 Å². The van der Waals surface area contributed by atoms with Gasteiger partial charge in [-0.05, 0) is 13.8 Å². The number of carbonyl (C=O) groups excluding carboxylic acids is 1. The molecule has 3 heteroatoms. The Morgan fingerprint density at radius 3 is 2.17 bits per heavy atom. The number of hydrogen-bond donors (Lipinski definition) is 1. The van der Waals surface area contributed by atoms with E-state index in [1.165, 1.54) is 0 Å². The van der Waals surface area contributed by atoms with Gasteiger partial charge in [0.05, 0.1) is 6.54 Å². The van der Waals surface area contributed by atoms with Gasteiger partial charge in [0.1, 0.15) is 0 Å². The van der Waals surface area contributed by atoms with E-state index in [4.69, 9.17) is 0 Å². The molecule has 0 unspecified atom stereocenters. The first kappa shape index (κ1) is 11.4. The van der Waals surface area contributed by atoms with Gasteiger partial charge in [-0.2, -0.15) is 0 Å². The van der Waals surface area contributed by atoms with E-state index in [0.29, 0.717) is 12.6 Å². The van der Waals surface area contributed by atoms with Crippen molar-refractivity contribution in [1.82, 2.24) is 10.2 Å². The van der Waals surface area contributed by atoms with Gasteiger partial charge in [-0.25, -0.2) is 0 Å². The molecule has 0 aromatic heterocycles. The largest absolute Gasteiger partial charge is 0.342 e. The van der Waals surface area contributed by atoms with Crippen molar-refractivity contribution in [3.63, 3.8) is 0 Å². The van der Waals surface area contributed by atoms with Gasteiger partial charge < -0.3 is 10.2 Å². The summed E-state index contributed by atoms with van der Waals surface area (Å²) in [5, 5.41) is 3.09. The Morgan fingerprint density at radius 2 is 1.83 bits per heavy atom. The van der Waals surface area contributed by atoms with E-state index in [0.717, 1.165) is 0 Å². The lowest BCUT2D eigenvalue weighted by molar-refractivity contribution is -0.130. The summed E-state index contributed by atoms with van der Waals surface area (Å²) >= 11 is 0. The summed E-state index contributed by atoms with van der Waals surface area (Å²) in [6, 6.07) is 0.654. The summed E-state index contributed by atoms with van der Waals surface area (Å²) in [4.78, 5) is 13.1. The lowest BCUT2D eigenvalue weighted by atomic mass is 10.3. The smallest absolute Gasteiger partial charge is 0.236 e. The quantitative estimate of drug-likeness (QED) is 0.682. The van der Waals surface area contributed by atoms with Crippen LogP contribution in [-0.4, -0.2) is 36.5 Å². The molecule has 0 saturated carbocycles. The minimum absolute atomic E-state index is 0.152. The van der Waals surface area contributed by atoms with Crippen LogP contribution in [0.5, 0.6) is 0 Å². The Morgan fingerprint density at radius 1 is 1.33 bits per heavy atom. The molecule has 0 bridgehead atoms. The van der Waals surface area contributed by atoms with E-state index in [1.807, 2.05) is 34.7 Å². The van der Waals surface area contributed by atoms with Crippen molar-refractivity contribution in [2.45, 2.75) is 39.8 Å². The number of hydrogen-bond acceptors (Lipinski definition) is 2. The first-order valence-corrected chi connectivity index (χ1v) is 4.44. The highest BCUT2D eigenvalue weighted by atomic mass is 16.2. The van der Waals surface area contributed by atoms with E-state index < -0.39 is 0 Å². The van der Waals surface area contributed by atoms with Crippen molar-refractivity contribution in [3.8, 4) is 0 Å². The van der Waals surface area contributed by atoms with Gasteiger partial charge in [0.2, 0.25) is 5.91 Å². The highest BCUT2D eigenvalue weighted by molar-refractivity contribution is 5.78. The van der Waals surface area contributed by atoms with E-state index >= 15 is 0 Å². The van der Waals surface area contributed by atoms with Crippen LogP contribution in [0, 0.1) is 0 Å². The van der Waals surface area contributed by atoms with Crippen LogP contribution in [0.1, 0.15) is 27.7 Å². The summed E-state index contributed by atoms with van der Waals surface area (Å²) in [7, 11) is 1.83. The van der Waals surface area contributed by atoms with Gasteiger partial charge in [0.25, 0.3) is 0 Å². The van der Waals surface area contributed by atoms with Crippen LogP contribution < -0.4 is 5.32 Å². The van der Waals surface area contributed by atoms with Crippen molar-refractivity contribution < 1.29 is 4.79 Å². The van der Waals surface area contributed by atoms with E-state index in [-0.39, 0.29) is 11.9 Å². The predicted octanol–water partition coefficient (Wildman–Crippen LogP) is 0.851. The Labute approximate surface area is 75.1 Å². The maximum absolute atomic E-state index is 11.4. The molecule has 0 atom stereocenters. The molecule has 72 valence electrons. The minimum atomic E-state index is 0.152. The maximum Gasteiger partial charge on any atom is 0.236 e. The third-order valence-corrected chi connectivity index (χ3v) is 1.83. The normalized spacial score (nSPS) is 10.9. The third-order valence-electron chi connectivity index (χ3n) is 1.83. The molecule has 0 spiro atoms. The van der Waals surface area contributed by atoms with Crippen LogP contribution in [0.2, 0.25) is 0 Å². The van der Waals surface area contributed by atoms with Crippen LogP contribution in [0.15, 0.2) is 0 Å². The Kier molecular flexibility index (Phi) is 4.90. The van der Waals surface area contributed by atoms with Crippen LogP contribution in [0.25, 0.3) is 0 Å². The van der Waals surface area contributed by atoms with Crippen molar-refractivity contribution in [2.75, 3.05) is 13.6 Å². The van der Waals surface area contributed by atoms with E-state index in [1.54, 1.807) is 4.90 Å². The molecule has 12 heavy (non-hydrogen) atoms. The molecular formula is C9H20N2O. The zero-order valence-electron chi connectivity index (χ0n) is 8.72. The first-order valence-electron chi connectivity index (χ1n) is 4.44. The van der Waals surface area contributed by atoms with E-state index in [2.05, 4.69) is 5.32 Å². The summed E-state index contributed by atoms with van der Waals surface area (Å²) in [5.41, 5.74) is 0. The van der Waals surface area contributed by atoms with Crippen molar-refractivity contribution in [3.05, 3.63) is 0 Å². The Bertz CT molecular complexity index is 143. The van der Waals surface area contributed by atoms with Crippen LogP contribution in [0.4, 0.5) is 0 Å². The second-order valence-electron chi connectivity index (χ2n) is 3.63. The lowest BCUT2D eigenvalue weighted by Crippen LogP contribution is -2.41. The second kappa shape index (κ2) is 5.14. The Balaban J connectivity index is 3.72. The molecule has 0 saturated heterocycles. The average Bonchev–Trinajstić information content (AvgIpc) is 1.98. The summed E-state index contributed by atoms with van der Waals surface area (Å²) < 4.78 is 0. The predicted molar refractivity (Wildman–Crippen MR) is 51.0 cm³/mol. The monoisotopic (exact) mass is 172 g/mol. The van der Waals surface area contributed by atoms with E-state index in [9.17, 15) is 4.79 Å². The summed E-state index contributed by atoms with van der Waals surface area (Å²) in [6.45, 7) is 8.51. The molecule has 1 N–H and O–H groups in total. The fourth-order valence-corrected chi connectivity index (χ4v) is 0.704. The molecule has 0 heterocycles.